The minimum absolute atomic E-state index is 0.498. The van der Waals surface area contributed by atoms with Crippen LogP contribution in [-0.4, -0.2) is 48.4 Å². The predicted octanol–water partition coefficient (Wildman–Crippen LogP) is 1.08. The standard InChI is InChI=1S/C16H22O7/c1-4-7-13(17)21-10-16(20,11-22-14(18)8-5-2)12-23-15(19)9-6-3/h4-9,20H,10-12H2,1-3H3/b7-4-,8-5-,9-6-. The molecule has 0 heterocycles. The minimum atomic E-state index is -1.84. The molecule has 0 bridgehead atoms. The average molecular weight is 326 g/mol. The Kier molecular flexibility index (Phi) is 10.0. The lowest BCUT2D eigenvalue weighted by atomic mass is 10.1. The van der Waals surface area contributed by atoms with Crippen LogP contribution in [-0.2, 0) is 28.6 Å². The number of ether oxygens (including phenoxy) is 3. The predicted molar refractivity (Wildman–Crippen MR) is 82.3 cm³/mol. The lowest BCUT2D eigenvalue weighted by Gasteiger charge is -2.26. The van der Waals surface area contributed by atoms with Crippen molar-refractivity contribution in [2.45, 2.75) is 26.4 Å². The van der Waals surface area contributed by atoms with Crippen molar-refractivity contribution in [1.82, 2.24) is 0 Å². The molecule has 0 atom stereocenters. The molecule has 0 saturated heterocycles. The number of aliphatic hydroxyl groups is 1. The van der Waals surface area contributed by atoms with Gasteiger partial charge in [-0.25, -0.2) is 14.4 Å². The van der Waals surface area contributed by atoms with Crippen LogP contribution in [0.2, 0.25) is 0 Å². The Hall–Kier alpha value is -2.41. The zero-order chi connectivity index (χ0) is 17.7. The Balaban J connectivity index is 4.76. The van der Waals surface area contributed by atoms with E-state index in [9.17, 15) is 19.5 Å². The van der Waals surface area contributed by atoms with Crippen molar-refractivity contribution >= 4 is 17.9 Å². The van der Waals surface area contributed by atoms with Crippen molar-refractivity contribution in [3.63, 3.8) is 0 Å². The van der Waals surface area contributed by atoms with E-state index in [1.165, 1.54) is 18.2 Å². The number of rotatable bonds is 9. The summed E-state index contributed by atoms with van der Waals surface area (Å²) in [7, 11) is 0. The van der Waals surface area contributed by atoms with E-state index in [0.717, 1.165) is 18.2 Å². The van der Waals surface area contributed by atoms with Gasteiger partial charge in [0.2, 0.25) is 0 Å². The number of carbonyl (C=O) groups excluding carboxylic acids is 3. The Morgan fingerprint density at radius 1 is 0.739 bits per heavy atom. The van der Waals surface area contributed by atoms with Gasteiger partial charge in [-0.1, -0.05) is 18.2 Å². The first-order chi connectivity index (χ1) is 10.9. The van der Waals surface area contributed by atoms with Gasteiger partial charge < -0.3 is 19.3 Å². The Morgan fingerprint density at radius 2 is 1.00 bits per heavy atom. The summed E-state index contributed by atoms with van der Waals surface area (Å²) in [6.07, 6.45) is 7.91. The average Bonchev–Trinajstić information content (AvgIpc) is 2.50. The number of carbonyl (C=O) groups is 3. The highest BCUT2D eigenvalue weighted by Crippen LogP contribution is 2.09. The van der Waals surface area contributed by atoms with E-state index in [-0.39, 0.29) is 0 Å². The van der Waals surface area contributed by atoms with Crippen LogP contribution in [0.4, 0.5) is 0 Å². The number of hydrogen-bond donors (Lipinski definition) is 1. The third-order valence-electron chi connectivity index (χ3n) is 2.36. The molecule has 0 aromatic carbocycles. The Labute approximate surface area is 135 Å². The molecule has 0 aromatic rings. The molecule has 0 rings (SSSR count). The van der Waals surface area contributed by atoms with Gasteiger partial charge in [0.05, 0.1) is 0 Å². The van der Waals surface area contributed by atoms with Gasteiger partial charge in [-0.05, 0) is 20.8 Å². The van der Waals surface area contributed by atoms with Crippen LogP contribution in [0.25, 0.3) is 0 Å². The summed E-state index contributed by atoms with van der Waals surface area (Å²) in [6, 6.07) is 0. The summed E-state index contributed by atoms with van der Waals surface area (Å²) in [6.45, 7) is 3.40. The molecule has 0 aromatic heterocycles. The second-order valence-electron chi connectivity index (χ2n) is 4.55. The highest BCUT2D eigenvalue weighted by Gasteiger charge is 2.32. The SMILES string of the molecule is C/C=C\C(=O)OCC(O)(COC(=O)/C=C\C)COC(=O)/C=C\C. The summed E-state index contributed by atoms with van der Waals surface area (Å²) in [5.74, 6) is -2.03. The van der Waals surface area contributed by atoms with Crippen LogP contribution in [0.1, 0.15) is 20.8 Å². The quantitative estimate of drug-likeness (QED) is 0.384. The molecule has 0 amide bonds. The smallest absolute Gasteiger partial charge is 0.330 e. The summed E-state index contributed by atoms with van der Waals surface area (Å²) >= 11 is 0. The van der Waals surface area contributed by atoms with Crippen LogP contribution >= 0.6 is 0 Å². The van der Waals surface area contributed by atoms with Gasteiger partial charge in [-0.2, -0.15) is 0 Å². The topological polar surface area (TPSA) is 99.1 Å². The fourth-order valence-electron chi connectivity index (χ4n) is 1.29. The van der Waals surface area contributed by atoms with Crippen molar-refractivity contribution in [3.8, 4) is 0 Å². The summed E-state index contributed by atoms with van der Waals surface area (Å²) < 4.78 is 14.5. The van der Waals surface area contributed by atoms with Crippen molar-refractivity contribution < 1.29 is 33.7 Å². The van der Waals surface area contributed by atoms with Gasteiger partial charge in [0.1, 0.15) is 19.8 Å². The highest BCUT2D eigenvalue weighted by atomic mass is 16.6. The van der Waals surface area contributed by atoms with Crippen molar-refractivity contribution in [2.75, 3.05) is 19.8 Å². The third-order valence-corrected chi connectivity index (χ3v) is 2.36. The van der Waals surface area contributed by atoms with Gasteiger partial charge in [-0.3, -0.25) is 0 Å². The van der Waals surface area contributed by atoms with Gasteiger partial charge >= 0.3 is 17.9 Å². The first kappa shape index (κ1) is 20.6. The summed E-state index contributed by atoms with van der Waals surface area (Å²) in [4.78, 5) is 33.9. The molecule has 0 aliphatic carbocycles. The first-order valence-electron chi connectivity index (χ1n) is 6.97. The molecule has 23 heavy (non-hydrogen) atoms. The van der Waals surface area contributed by atoms with Crippen LogP contribution < -0.4 is 0 Å². The van der Waals surface area contributed by atoms with Gasteiger partial charge in [0.15, 0.2) is 5.60 Å². The molecule has 0 aliphatic heterocycles. The number of hydrogen-bond acceptors (Lipinski definition) is 7. The van der Waals surface area contributed by atoms with Crippen molar-refractivity contribution in [1.29, 1.82) is 0 Å². The second-order valence-corrected chi connectivity index (χ2v) is 4.55. The van der Waals surface area contributed by atoms with E-state index in [0.29, 0.717) is 0 Å². The molecule has 0 fully saturated rings. The highest BCUT2D eigenvalue weighted by molar-refractivity contribution is 5.82. The fourth-order valence-corrected chi connectivity index (χ4v) is 1.29. The molecule has 0 aliphatic rings. The maximum atomic E-state index is 11.3. The van der Waals surface area contributed by atoms with Crippen LogP contribution in [0.5, 0.6) is 0 Å². The molecule has 7 heteroatoms. The van der Waals surface area contributed by atoms with Crippen LogP contribution in [0, 0.1) is 0 Å². The lowest BCUT2D eigenvalue weighted by Crippen LogP contribution is -2.45. The van der Waals surface area contributed by atoms with E-state index in [1.54, 1.807) is 20.8 Å². The van der Waals surface area contributed by atoms with Gasteiger partial charge in [0, 0.05) is 18.2 Å². The fraction of sp³-hybridized carbons (Fsp3) is 0.438. The summed E-state index contributed by atoms with van der Waals surface area (Å²) in [5.41, 5.74) is -1.84. The molecular weight excluding hydrogens is 304 g/mol. The van der Waals surface area contributed by atoms with Gasteiger partial charge in [-0.15, -0.1) is 0 Å². The largest absolute Gasteiger partial charge is 0.459 e. The van der Waals surface area contributed by atoms with E-state index in [2.05, 4.69) is 0 Å². The Morgan fingerprint density at radius 3 is 1.22 bits per heavy atom. The van der Waals surface area contributed by atoms with Crippen LogP contribution in [0.15, 0.2) is 36.5 Å². The van der Waals surface area contributed by atoms with Crippen LogP contribution in [0.3, 0.4) is 0 Å². The second kappa shape index (κ2) is 11.2. The maximum absolute atomic E-state index is 11.3. The number of esters is 3. The maximum Gasteiger partial charge on any atom is 0.330 e. The van der Waals surface area contributed by atoms with Crippen molar-refractivity contribution in [3.05, 3.63) is 36.5 Å². The lowest BCUT2D eigenvalue weighted by molar-refractivity contribution is -0.169. The zero-order valence-electron chi connectivity index (χ0n) is 13.5. The molecule has 0 spiro atoms. The number of allylic oxidation sites excluding steroid dienone is 3. The molecule has 1 N–H and O–H groups in total. The molecule has 7 nitrogen and oxygen atoms in total. The minimum Gasteiger partial charge on any atom is -0.459 e. The van der Waals surface area contributed by atoms with Gasteiger partial charge in [0.25, 0.3) is 0 Å². The van der Waals surface area contributed by atoms with E-state index in [1.807, 2.05) is 0 Å². The molecule has 0 unspecified atom stereocenters. The van der Waals surface area contributed by atoms with E-state index in [4.69, 9.17) is 14.2 Å². The monoisotopic (exact) mass is 326 g/mol. The molecular formula is C16H22O7. The molecule has 0 radical (unpaired) electrons. The Bertz CT molecular complexity index is 419. The molecule has 128 valence electrons. The van der Waals surface area contributed by atoms with Crippen molar-refractivity contribution in [2.24, 2.45) is 0 Å². The normalized spacial score (nSPS) is 12.0. The summed E-state index contributed by atoms with van der Waals surface area (Å²) in [5, 5.41) is 10.4. The zero-order valence-corrected chi connectivity index (χ0v) is 13.5. The third kappa shape index (κ3) is 10.0. The molecule has 0 saturated carbocycles. The van der Waals surface area contributed by atoms with E-state index < -0.39 is 43.3 Å². The van der Waals surface area contributed by atoms with E-state index >= 15 is 0 Å². The first-order valence-corrected chi connectivity index (χ1v) is 6.97.